The van der Waals surface area contributed by atoms with Crippen molar-refractivity contribution in [1.29, 1.82) is 0 Å². The normalized spacial score (nSPS) is 18.5. The maximum atomic E-state index is 13.2. The molecule has 156 valence electrons. The van der Waals surface area contributed by atoms with Gasteiger partial charge in [0.1, 0.15) is 12.1 Å². The van der Waals surface area contributed by atoms with Gasteiger partial charge in [0.25, 0.3) is 0 Å². The van der Waals surface area contributed by atoms with Crippen LogP contribution in [0.15, 0.2) is 36.8 Å². The Morgan fingerprint density at radius 1 is 1.03 bits per heavy atom. The van der Waals surface area contributed by atoms with Crippen molar-refractivity contribution in [3.05, 3.63) is 47.9 Å². The third-order valence-corrected chi connectivity index (χ3v) is 6.47. The minimum absolute atomic E-state index is 0.110. The second-order valence-corrected chi connectivity index (χ2v) is 8.18. The number of piperazine rings is 1. The summed E-state index contributed by atoms with van der Waals surface area (Å²) in [5.41, 5.74) is 3.49. The third kappa shape index (κ3) is 3.31. The van der Waals surface area contributed by atoms with E-state index in [1.54, 1.807) is 11.0 Å². The van der Waals surface area contributed by atoms with Crippen LogP contribution in [0.5, 0.6) is 0 Å². The number of carbonyl (C=O) groups is 1. The van der Waals surface area contributed by atoms with Crippen LogP contribution in [-0.4, -0.2) is 74.2 Å². The van der Waals surface area contributed by atoms with E-state index >= 15 is 0 Å². The summed E-state index contributed by atoms with van der Waals surface area (Å²) in [5, 5.41) is 5.29. The average molecular weight is 406 g/mol. The van der Waals surface area contributed by atoms with Crippen molar-refractivity contribution in [3.63, 3.8) is 0 Å². The quantitative estimate of drug-likeness (QED) is 0.657. The SMILES string of the molecule is CC(C(=O)N1CCc2ccccc2C1)N1CCN(c2ncnc3c2cnn3C)CC1. The highest BCUT2D eigenvalue weighted by Gasteiger charge is 2.31. The van der Waals surface area contributed by atoms with Gasteiger partial charge < -0.3 is 9.80 Å². The van der Waals surface area contributed by atoms with Gasteiger partial charge >= 0.3 is 0 Å². The van der Waals surface area contributed by atoms with Crippen molar-refractivity contribution in [2.75, 3.05) is 37.6 Å². The lowest BCUT2D eigenvalue weighted by Crippen LogP contribution is -2.55. The van der Waals surface area contributed by atoms with Crippen molar-refractivity contribution in [2.45, 2.75) is 25.9 Å². The van der Waals surface area contributed by atoms with E-state index in [2.05, 4.69) is 49.1 Å². The molecule has 4 heterocycles. The first-order chi connectivity index (χ1) is 14.6. The monoisotopic (exact) mass is 405 g/mol. The summed E-state index contributed by atoms with van der Waals surface area (Å²) in [6.45, 7) is 6.91. The van der Waals surface area contributed by atoms with Crippen LogP contribution in [0, 0.1) is 0 Å². The molecule has 8 nitrogen and oxygen atoms in total. The van der Waals surface area contributed by atoms with Crippen LogP contribution in [0.2, 0.25) is 0 Å². The number of nitrogens with zero attached hydrogens (tertiary/aromatic N) is 7. The number of aromatic nitrogens is 4. The van der Waals surface area contributed by atoms with Gasteiger partial charge in [-0.05, 0) is 24.5 Å². The second kappa shape index (κ2) is 7.68. The summed E-state index contributed by atoms with van der Waals surface area (Å²) in [6, 6.07) is 8.34. The summed E-state index contributed by atoms with van der Waals surface area (Å²) in [4.78, 5) is 28.6. The number of aryl methyl sites for hydroxylation is 1. The molecule has 0 saturated carbocycles. The summed E-state index contributed by atoms with van der Waals surface area (Å²) >= 11 is 0. The van der Waals surface area contributed by atoms with E-state index < -0.39 is 0 Å². The Hall–Kier alpha value is -3.00. The second-order valence-electron chi connectivity index (χ2n) is 8.18. The lowest BCUT2D eigenvalue weighted by Gasteiger charge is -2.40. The van der Waals surface area contributed by atoms with E-state index in [0.29, 0.717) is 0 Å². The first-order valence-electron chi connectivity index (χ1n) is 10.6. The number of hydrogen-bond donors (Lipinski definition) is 0. The topological polar surface area (TPSA) is 70.4 Å². The molecule has 30 heavy (non-hydrogen) atoms. The molecule has 1 saturated heterocycles. The highest BCUT2D eigenvalue weighted by atomic mass is 16.2. The first kappa shape index (κ1) is 19.0. The lowest BCUT2D eigenvalue weighted by atomic mass is 9.99. The zero-order valence-electron chi connectivity index (χ0n) is 17.5. The molecule has 2 aliphatic heterocycles. The minimum Gasteiger partial charge on any atom is -0.353 e. The molecule has 1 unspecified atom stereocenters. The largest absolute Gasteiger partial charge is 0.353 e. The van der Waals surface area contributed by atoms with Crippen molar-refractivity contribution in [1.82, 2.24) is 29.5 Å². The summed E-state index contributed by atoms with van der Waals surface area (Å²) in [7, 11) is 1.89. The molecule has 1 aromatic carbocycles. The molecule has 0 aliphatic carbocycles. The van der Waals surface area contributed by atoms with Crippen molar-refractivity contribution in [3.8, 4) is 0 Å². The lowest BCUT2D eigenvalue weighted by molar-refractivity contribution is -0.137. The fourth-order valence-electron chi connectivity index (χ4n) is 4.63. The molecule has 1 atom stereocenters. The van der Waals surface area contributed by atoms with Gasteiger partial charge in [-0.3, -0.25) is 14.4 Å². The third-order valence-electron chi connectivity index (χ3n) is 6.47. The average Bonchev–Trinajstić information content (AvgIpc) is 3.19. The summed E-state index contributed by atoms with van der Waals surface area (Å²) < 4.78 is 1.77. The van der Waals surface area contributed by atoms with E-state index in [4.69, 9.17) is 0 Å². The Morgan fingerprint density at radius 3 is 2.60 bits per heavy atom. The Bertz CT molecular complexity index is 1070. The molecule has 5 rings (SSSR count). The molecular formula is C22H27N7O. The number of amides is 1. The van der Waals surface area contributed by atoms with Crippen LogP contribution < -0.4 is 4.90 Å². The Morgan fingerprint density at radius 2 is 1.80 bits per heavy atom. The van der Waals surface area contributed by atoms with Gasteiger partial charge in [-0.2, -0.15) is 5.10 Å². The minimum atomic E-state index is -0.110. The molecule has 8 heteroatoms. The van der Waals surface area contributed by atoms with Gasteiger partial charge in [0, 0.05) is 46.3 Å². The highest BCUT2D eigenvalue weighted by Crippen LogP contribution is 2.24. The Kier molecular flexibility index (Phi) is 4.86. The van der Waals surface area contributed by atoms with Gasteiger partial charge in [0.05, 0.1) is 17.6 Å². The summed E-state index contributed by atoms with van der Waals surface area (Å²) in [5.74, 6) is 1.16. The van der Waals surface area contributed by atoms with Gasteiger partial charge in [0.2, 0.25) is 5.91 Å². The smallest absolute Gasteiger partial charge is 0.239 e. The van der Waals surface area contributed by atoms with Crippen molar-refractivity contribution >= 4 is 22.8 Å². The summed E-state index contributed by atoms with van der Waals surface area (Å²) in [6.07, 6.45) is 4.38. The molecule has 1 amide bonds. The van der Waals surface area contributed by atoms with E-state index in [-0.39, 0.29) is 11.9 Å². The predicted octanol–water partition coefficient (Wildman–Crippen LogP) is 1.46. The molecule has 0 radical (unpaired) electrons. The number of rotatable bonds is 3. The number of benzene rings is 1. The molecule has 0 N–H and O–H groups in total. The molecule has 2 aromatic heterocycles. The van der Waals surface area contributed by atoms with E-state index in [0.717, 1.165) is 62.5 Å². The van der Waals surface area contributed by atoms with E-state index in [9.17, 15) is 4.79 Å². The zero-order valence-corrected chi connectivity index (χ0v) is 17.5. The standard InChI is InChI=1S/C22H27N7O/c1-16(22(30)29-8-7-17-5-3-4-6-18(17)14-29)27-9-11-28(12-10-27)21-19-13-25-26(2)20(19)23-15-24-21/h3-6,13,15-16H,7-12,14H2,1-2H3. The number of anilines is 1. The molecule has 0 bridgehead atoms. The Balaban J connectivity index is 1.24. The number of hydrogen-bond acceptors (Lipinski definition) is 6. The molecular weight excluding hydrogens is 378 g/mol. The maximum absolute atomic E-state index is 13.2. The number of carbonyl (C=O) groups excluding carboxylic acids is 1. The van der Waals surface area contributed by atoms with Gasteiger partial charge in [-0.25, -0.2) is 9.97 Å². The van der Waals surface area contributed by atoms with Crippen molar-refractivity contribution in [2.24, 2.45) is 7.05 Å². The van der Waals surface area contributed by atoms with Gasteiger partial charge in [-0.15, -0.1) is 0 Å². The van der Waals surface area contributed by atoms with Gasteiger partial charge in [0.15, 0.2) is 5.65 Å². The molecule has 0 spiro atoms. The van der Waals surface area contributed by atoms with Crippen LogP contribution in [0.25, 0.3) is 11.0 Å². The van der Waals surface area contributed by atoms with Crippen LogP contribution in [0.1, 0.15) is 18.1 Å². The van der Waals surface area contributed by atoms with Crippen LogP contribution in [-0.2, 0) is 24.8 Å². The van der Waals surface area contributed by atoms with Crippen molar-refractivity contribution < 1.29 is 4.79 Å². The number of fused-ring (bicyclic) bond motifs is 2. The Labute approximate surface area is 176 Å². The van der Waals surface area contributed by atoms with E-state index in [1.807, 2.05) is 25.1 Å². The fraction of sp³-hybridized carbons (Fsp3) is 0.455. The van der Waals surface area contributed by atoms with Crippen LogP contribution in [0.3, 0.4) is 0 Å². The fourth-order valence-corrected chi connectivity index (χ4v) is 4.63. The van der Waals surface area contributed by atoms with E-state index in [1.165, 1.54) is 11.1 Å². The predicted molar refractivity (Wildman–Crippen MR) is 115 cm³/mol. The highest BCUT2D eigenvalue weighted by molar-refractivity contribution is 5.86. The van der Waals surface area contributed by atoms with Gasteiger partial charge in [-0.1, -0.05) is 24.3 Å². The molecule has 2 aliphatic rings. The van der Waals surface area contributed by atoms with Crippen LogP contribution >= 0.6 is 0 Å². The molecule has 1 fully saturated rings. The first-order valence-corrected chi connectivity index (χ1v) is 10.6. The molecule has 3 aromatic rings. The zero-order chi connectivity index (χ0) is 20.7. The maximum Gasteiger partial charge on any atom is 0.239 e. The van der Waals surface area contributed by atoms with Crippen LogP contribution in [0.4, 0.5) is 5.82 Å².